The van der Waals surface area contributed by atoms with Crippen LogP contribution in [0.5, 0.6) is 34.5 Å². The molecule has 1 heterocycles. The van der Waals surface area contributed by atoms with Gasteiger partial charge in [-0.3, -0.25) is 4.79 Å². The summed E-state index contributed by atoms with van der Waals surface area (Å²) >= 11 is 0. The van der Waals surface area contributed by atoms with E-state index in [-0.39, 0.29) is 46.5 Å². The average Bonchev–Trinajstić information content (AvgIpc) is 2.58. The van der Waals surface area contributed by atoms with Gasteiger partial charge in [0, 0.05) is 5.56 Å². The van der Waals surface area contributed by atoms with E-state index in [2.05, 4.69) is 0 Å². The molecule has 3 N–H and O–H groups in total. The van der Waals surface area contributed by atoms with Crippen molar-refractivity contribution in [2.75, 3.05) is 14.2 Å². The van der Waals surface area contributed by atoms with Crippen LogP contribution in [0, 0.1) is 0 Å². The van der Waals surface area contributed by atoms with Crippen LogP contribution < -0.4 is 14.2 Å². The predicted octanol–water partition coefficient (Wildman–Crippen LogP) is 2.53. The van der Waals surface area contributed by atoms with Crippen molar-refractivity contribution in [1.82, 2.24) is 0 Å². The fourth-order valence-electron chi connectivity index (χ4n) is 2.65. The van der Waals surface area contributed by atoms with Crippen molar-refractivity contribution in [3.05, 3.63) is 35.4 Å². The molecule has 1 aliphatic heterocycles. The number of phenolic OH excluding ortho intramolecular Hbond substituents is 3. The van der Waals surface area contributed by atoms with Crippen LogP contribution >= 0.6 is 0 Å². The van der Waals surface area contributed by atoms with Gasteiger partial charge in [-0.05, 0) is 24.3 Å². The molecule has 1 unspecified atom stereocenters. The van der Waals surface area contributed by atoms with Gasteiger partial charge in [0.2, 0.25) is 11.5 Å². The lowest BCUT2D eigenvalue weighted by Gasteiger charge is -2.27. The summed E-state index contributed by atoms with van der Waals surface area (Å²) in [6.45, 7) is 0. The first kappa shape index (κ1) is 15.8. The molecular weight excluding hydrogens is 316 g/mol. The molecule has 0 radical (unpaired) electrons. The van der Waals surface area contributed by atoms with Gasteiger partial charge >= 0.3 is 0 Å². The standard InChI is InChI=1S/C17H16O7/c1-22-13-5-8(6-14(23-2)16(13)21)12-7-11(19)9-3-4-10(18)15(20)17(9)24-12/h3-6,12,18,20-21H,7H2,1-2H3. The minimum Gasteiger partial charge on any atom is -0.504 e. The summed E-state index contributed by atoms with van der Waals surface area (Å²) < 4.78 is 15.9. The SMILES string of the molecule is COc1cc(C2CC(=O)c3ccc(O)c(O)c3O2)cc(OC)c1O. The molecule has 0 bridgehead atoms. The lowest BCUT2D eigenvalue weighted by Crippen LogP contribution is -2.20. The number of aromatic hydroxyl groups is 3. The molecule has 1 aliphatic rings. The van der Waals surface area contributed by atoms with E-state index in [1.54, 1.807) is 0 Å². The topological polar surface area (TPSA) is 105 Å². The zero-order chi connectivity index (χ0) is 17.4. The third-order valence-corrected chi connectivity index (χ3v) is 3.92. The van der Waals surface area contributed by atoms with Gasteiger partial charge in [0.25, 0.3) is 0 Å². The first-order valence-electron chi connectivity index (χ1n) is 7.16. The second-order valence-electron chi connectivity index (χ2n) is 5.32. The third-order valence-electron chi connectivity index (χ3n) is 3.92. The first-order chi connectivity index (χ1) is 11.5. The average molecular weight is 332 g/mol. The molecule has 0 aliphatic carbocycles. The van der Waals surface area contributed by atoms with Crippen molar-refractivity contribution in [1.29, 1.82) is 0 Å². The maximum atomic E-state index is 12.3. The van der Waals surface area contributed by atoms with Crippen LogP contribution in [-0.4, -0.2) is 35.3 Å². The highest BCUT2D eigenvalue weighted by Crippen LogP contribution is 2.47. The number of fused-ring (bicyclic) bond motifs is 1. The molecule has 3 rings (SSSR count). The fourth-order valence-corrected chi connectivity index (χ4v) is 2.65. The summed E-state index contributed by atoms with van der Waals surface area (Å²) in [6, 6.07) is 5.70. The molecule has 0 saturated carbocycles. The van der Waals surface area contributed by atoms with E-state index in [1.807, 2.05) is 0 Å². The minimum absolute atomic E-state index is 0.0360. The third kappa shape index (κ3) is 2.44. The maximum Gasteiger partial charge on any atom is 0.201 e. The fraction of sp³-hybridized carbons (Fsp3) is 0.235. The van der Waals surface area contributed by atoms with Gasteiger partial charge in [-0.25, -0.2) is 0 Å². The molecule has 7 nitrogen and oxygen atoms in total. The molecule has 2 aromatic carbocycles. The van der Waals surface area contributed by atoms with Crippen LogP contribution in [0.4, 0.5) is 0 Å². The van der Waals surface area contributed by atoms with E-state index in [0.29, 0.717) is 5.56 Å². The highest BCUT2D eigenvalue weighted by Gasteiger charge is 2.32. The van der Waals surface area contributed by atoms with Crippen LogP contribution in [-0.2, 0) is 0 Å². The monoisotopic (exact) mass is 332 g/mol. The van der Waals surface area contributed by atoms with Crippen LogP contribution in [0.25, 0.3) is 0 Å². The summed E-state index contributed by atoms with van der Waals surface area (Å²) in [4.78, 5) is 12.3. The van der Waals surface area contributed by atoms with Crippen LogP contribution in [0.15, 0.2) is 24.3 Å². The molecule has 7 heteroatoms. The maximum absolute atomic E-state index is 12.3. The summed E-state index contributed by atoms with van der Waals surface area (Å²) in [6.07, 6.45) is -0.685. The Kier molecular flexibility index (Phi) is 3.84. The number of phenols is 3. The number of rotatable bonds is 3. The van der Waals surface area contributed by atoms with Crippen molar-refractivity contribution >= 4 is 5.78 Å². The summed E-state index contributed by atoms with van der Waals surface area (Å²) in [5.41, 5.74) is 0.738. The van der Waals surface area contributed by atoms with Crippen molar-refractivity contribution in [3.63, 3.8) is 0 Å². The van der Waals surface area contributed by atoms with E-state index in [1.165, 1.54) is 38.5 Å². The van der Waals surface area contributed by atoms with Gasteiger partial charge in [0.15, 0.2) is 28.8 Å². The number of ketones is 1. The number of benzene rings is 2. The molecule has 2 aromatic rings. The number of hydrogen-bond donors (Lipinski definition) is 3. The Balaban J connectivity index is 2.06. The van der Waals surface area contributed by atoms with Gasteiger partial charge < -0.3 is 29.5 Å². The highest BCUT2D eigenvalue weighted by atomic mass is 16.5. The normalized spacial score (nSPS) is 16.2. The molecule has 0 amide bonds. The Morgan fingerprint density at radius 2 is 1.67 bits per heavy atom. The quantitative estimate of drug-likeness (QED) is 0.742. The summed E-state index contributed by atoms with van der Waals surface area (Å²) in [5.74, 6) is -0.972. The number of ether oxygens (including phenoxy) is 3. The smallest absolute Gasteiger partial charge is 0.201 e. The van der Waals surface area contributed by atoms with Crippen molar-refractivity contribution < 1.29 is 34.3 Å². The molecular formula is C17H16O7. The lowest BCUT2D eigenvalue weighted by atomic mass is 9.95. The number of carbonyl (C=O) groups excluding carboxylic acids is 1. The molecule has 0 saturated heterocycles. The zero-order valence-electron chi connectivity index (χ0n) is 13.1. The van der Waals surface area contributed by atoms with Crippen molar-refractivity contribution in [3.8, 4) is 34.5 Å². The molecule has 0 spiro atoms. The van der Waals surface area contributed by atoms with Crippen molar-refractivity contribution in [2.24, 2.45) is 0 Å². The summed E-state index contributed by atoms with van der Waals surface area (Å²) in [5, 5.41) is 29.5. The summed E-state index contributed by atoms with van der Waals surface area (Å²) in [7, 11) is 2.79. The van der Waals surface area contributed by atoms with Gasteiger partial charge in [-0.2, -0.15) is 0 Å². The minimum atomic E-state index is -0.721. The van der Waals surface area contributed by atoms with Crippen LogP contribution in [0.3, 0.4) is 0 Å². The Bertz CT molecular complexity index is 788. The van der Waals surface area contributed by atoms with Crippen LogP contribution in [0.1, 0.15) is 28.4 Å². The largest absolute Gasteiger partial charge is 0.504 e. The molecule has 0 aromatic heterocycles. The number of methoxy groups -OCH3 is 2. The van der Waals surface area contributed by atoms with Crippen LogP contribution in [0.2, 0.25) is 0 Å². The number of carbonyl (C=O) groups is 1. The van der Waals surface area contributed by atoms with Gasteiger partial charge in [-0.15, -0.1) is 0 Å². The second kappa shape index (κ2) is 5.84. The van der Waals surface area contributed by atoms with E-state index in [4.69, 9.17) is 14.2 Å². The Morgan fingerprint density at radius 3 is 2.25 bits per heavy atom. The van der Waals surface area contributed by atoms with Crippen molar-refractivity contribution in [2.45, 2.75) is 12.5 Å². The molecule has 1 atom stereocenters. The second-order valence-corrected chi connectivity index (χ2v) is 5.32. The van der Waals surface area contributed by atoms with E-state index in [9.17, 15) is 20.1 Å². The Morgan fingerprint density at radius 1 is 1.04 bits per heavy atom. The predicted molar refractivity (Wildman–Crippen MR) is 83.3 cm³/mol. The van der Waals surface area contributed by atoms with E-state index < -0.39 is 11.9 Å². The lowest BCUT2D eigenvalue weighted by molar-refractivity contribution is 0.0840. The molecule has 24 heavy (non-hydrogen) atoms. The first-order valence-corrected chi connectivity index (χ1v) is 7.16. The van der Waals surface area contributed by atoms with Gasteiger partial charge in [0.1, 0.15) is 6.10 Å². The highest BCUT2D eigenvalue weighted by molar-refractivity contribution is 6.01. The van der Waals surface area contributed by atoms with E-state index in [0.717, 1.165) is 0 Å². The number of hydrogen-bond acceptors (Lipinski definition) is 7. The van der Waals surface area contributed by atoms with E-state index >= 15 is 0 Å². The van der Waals surface area contributed by atoms with Gasteiger partial charge in [0.05, 0.1) is 26.2 Å². The Labute approximate surface area is 137 Å². The molecule has 0 fully saturated rings. The van der Waals surface area contributed by atoms with Gasteiger partial charge in [-0.1, -0.05) is 0 Å². The zero-order valence-corrected chi connectivity index (χ0v) is 13.1. The number of Topliss-reactive ketones (excluding diaryl/α,β-unsaturated/α-hetero) is 1. The Hall–Kier alpha value is -3.09. The molecule has 126 valence electrons.